The molecular weight excluding hydrogens is 366 g/mol. The molecular formula is C20H18ClN3O3. The topological polar surface area (TPSA) is 70.6 Å². The van der Waals surface area contributed by atoms with Crippen molar-refractivity contribution in [2.45, 2.75) is 31.8 Å². The lowest BCUT2D eigenvalue weighted by atomic mass is 10.1. The van der Waals surface area contributed by atoms with E-state index in [0.717, 1.165) is 23.3 Å². The van der Waals surface area contributed by atoms with Crippen molar-refractivity contribution in [2.24, 2.45) is 5.92 Å². The molecule has 4 rings (SSSR count). The number of aromatic nitrogens is 1. The Hall–Kier alpha value is -2.73. The molecule has 1 aromatic carbocycles. The summed E-state index contributed by atoms with van der Waals surface area (Å²) in [7, 11) is 0. The van der Waals surface area contributed by atoms with E-state index < -0.39 is 6.04 Å². The zero-order valence-electron chi connectivity index (χ0n) is 14.5. The first-order valence-electron chi connectivity index (χ1n) is 8.86. The first-order chi connectivity index (χ1) is 13.0. The third-order valence-electron chi connectivity index (χ3n) is 4.87. The summed E-state index contributed by atoms with van der Waals surface area (Å²) in [6.45, 7) is 0.265. The van der Waals surface area contributed by atoms with Gasteiger partial charge in [0.05, 0.1) is 12.1 Å². The molecule has 1 aliphatic carbocycles. The Balaban J connectivity index is 1.61. The fraction of sp³-hybridized carbons (Fsp3) is 0.300. The summed E-state index contributed by atoms with van der Waals surface area (Å²) >= 11 is 5.90. The van der Waals surface area contributed by atoms with Gasteiger partial charge >= 0.3 is 0 Å². The second kappa shape index (κ2) is 7.12. The molecule has 0 radical (unpaired) electrons. The van der Waals surface area contributed by atoms with Crippen LogP contribution in [0, 0.1) is 5.92 Å². The highest BCUT2D eigenvalue weighted by Crippen LogP contribution is 2.35. The molecule has 2 aliphatic rings. The Labute approximate surface area is 161 Å². The molecule has 2 fully saturated rings. The van der Waals surface area contributed by atoms with Crippen molar-refractivity contribution in [3.8, 4) is 0 Å². The highest BCUT2D eigenvalue weighted by Gasteiger charge is 2.46. The van der Waals surface area contributed by atoms with Gasteiger partial charge in [-0.15, -0.1) is 0 Å². The van der Waals surface area contributed by atoms with Crippen LogP contribution in [0.25, 0.3) is 0 Å². The van der Waals surface area contributed by atoms with Crippen molar-refractivity contribution in [3.05, 3.63) is 59.4 Å². The van der Waals surface area contributed by atoms with Crippen LogP contribution in [0.5, 0.6) is 0 Å². The molecule has 0 spiro atoms. The van der Waals surface area contributed by atoms with Gasteiger partial charge in [0.1, 0.15) is 6.04 Å². The van der Waals surface area contributed by atoms with Crippen molar-refractivity contribution in [1.29, 1.82) is 0 Å². The fourth-order valence-electron chi connectivity index (χ4n) is 3.32. The number of carbonyl (C=O) groups excluding carboxylic acids is 3. The van der Waals surface area contributed by atoms with E-state index in [1.54, 1.807) is 47.6 Å². The maximum Gasteiger partial charge on any atom is 0.257 e. The number of amides is 3. The summed E-state index contributed by atoms with van der Waals surface area (Å²) in [5.74, 6) is -0.801. The van der Waals surface area contributed by atoms with Crippen LogP contribution in [0.3, 0.4) is 0 Å². The maximum absolute atomic E-state index is 13.0. The Morgan fingerprint density at radius 3 is 2.56 bits per heavy atom. The average Bonchev–Trinajstić information content (AvgIpc) is 3.47. The van der Waals surface area contributed by atoms with Crippen LogP contribution in [0.2, 0.25) is 5.02 Å². The first kappa shape index (κ1) is 17.7. The lowest BCUT2D eigenvalue weighted by Crippen LogP contribution is -2.45. The summed E-state index contributed by atoms with van der Waals surface area (Å²) < 4.78 is 0. The van der Waals surface area contributed by atoms with E-state index in [1.165, 1.54) is 0 Å². The third kappa shape index (κ3) is 3.57. The molecule has 1 aliphatic heterocycles. The van der Waals surface area contributed by atoms with Gasteiger partial charge in [0.25, 0.3) is 5.91 Å². The standard InChI is InChI=1S/C20H18ClN3O3/c21-15-5-7-16(8-6-15)24-18(25)10-17(20(24)27)23(19(26)14-3-4-14)12-13-2-1-9-22-11-13/h1-2,5-9,11,14,17H,3-4,10,12H2. The number of hydrogen-bond donors (Lipinski definition) is 0. The van der Waals surface area contributed by atoms with Crippen molar-refractivity contribution < 1.29 is 14.4 Å². The quantitative estimate of drug-likeness (QED) is 0.744. The van der Waals surface area contributed by atoms with Crippen LogP contribution in [0.15, 0.2) is 48.8 Å². The molecule has 1 saturated carbocycles. The highest BCUT2D eigenvalue weighted by atomic mass is 35.5. The zero-order valence-corrected chi connectivity index (χ0v) is 15.3. The van der Waals surface area contributed by atoms with E-state index in [1.807, 2.05) is 6.07 Å². The van der Waals surface area contributed by atoms with Gasteiger partial charge in [-0.1, -0.05) is 17.7 Å². The summed E-state index contributed by atoms with van der Waals surface area (Å²) in [5.41, 5.74) is 1.30. The molecule has 2 aromatic rings. The van der Waals surface area contributed by atoms with Crippen LogP contribution >= 0.6 is 11.6 Å². The highest BCUT2D eigenvalue weighted by molar-refractivity contribution is 6.30. The molecule has 1 aromatic heterocycles. The molecule has 3 amide bonds. The lowest BCUT2D eigenvalue weighted by molar-refractivity contribution is -0.140. The molecule has 27 heavy (non-hydrogen) atoms. The molecule has 0 N–H and O–H groups in total. The summed E-state index contributed by atoms with van der Waals surface area (Å²) in [6.07, 6.45) is 4.98. The number of halogens is 1. The number of anilines is 1. The SMILES string of the molecule is O=C1CC(N(Cc2cccnc2)C(=O)C2CC2)C(=O)N1c1ccc(Cl)cc1. The minimum Gasteiger partial charge on any atom is -0.325 e. The number of hydrogen-bond acceptors (Lipinski definition) is 4. The second-order valence-electron chi connectivity index (χ2n) is 6.87. The largest absolute Gasteiger partial charge is 0.325 e. The molecule has 1 atom stereocenters. The smallest absolute Gasteiger partial charge is 0.257 e. The van der Waals surface area contributed by atoms with Crippen molar-refractivity contribution in [1.82, 2.24) is 9.88 Å². The van der Waals surface area contributed by atoms with Gasteiger partial charge in [-0.3, -0.25) is 19.4 Å². The lowest BCUT2D eigenvalue weighted by Gasteiger charge is -2.27. The van der Waals surface area contributed by atoms with Crippen LogP contribution in [-0.2, 0) is 20.9 Å². The molecule has 6 nitrogen and oxygen atoms in total. The van der Waals surface area contributed by atoms with Gasteiger partial charge < -0.3 is 4.90 Å². The number of benzene rings is 1. The normalized spacial score (nSPS) is 19.4. The van der Waals surface area contributed by atoms with Gasteiger partial charge in [0.2, 0.25) is 11.8 Å². The Morgan fingerprint density at radius 2 is 1.93 bits per heavy atom. The molecule has 7 heteroatoms. The predicted octanol–water partition coefficient (Wildman–Crippen LogP) is 2.81. The number of rotatable bonds is 5. The minimum absolute atomic E-state index is 0.0137. The van der Waals surface area contributed by atoms with Crippen LogP contribution < -0.4 is 4.90 Å². The van der Waals surface area contributed by atoms with Gasteiger partial charge in [-0.25, -0.2) is 4.90 Å². The number of pyridine rings is 1. The van der Waals surface area contributed by atoms with Crippen molar-refractivity contribution in [2.75, 3.05) is 4.90 Å². The monoisotopic (exact) mass is 383 g/mol. The Kier molecular flexibility index (Phi) is 4.66. The van der Waals surface area contributed by atoms with Crippen molar-refractivity contribution in [3.63, 3.8) is 0 Å². The van der Waals surface area contributed by atoms with Gasteiger partial charge in [0.15, 0.2) is 0 Å². The summed E-state index contributed by atoms with van der Waals surface area (Å²) in [4.78, 5) is 45.2. The number of imide groups is 1. The predicted molar refractivity (Wildman–Crippen MR) is 99.9 cm³/mol. The van der Waals surface area contributed by atoms with Crippen LogP contribution in [-0.4, -0.2) is 33.6 Å². The van der Waals surface area contributed by atoms with E-state index in [4.69, 9.17) is 11.6 Å². The second-order valence-corrected chi connectivity index (χ2v) is 7.30. The third-order valence-corrected chi connectivity index (χ3v) is 5.12. The van der Waals surface area contributed by atoms with Crippen LogP contribution in [0.1, 0.15) is 24.8 Å². The van der Waals surface area contributed by atoms with Gasteiger partial charge in [-0.05, 0) is 48.7 Å². The van der Waals surface area contributed by atoms with Crippen molar-refractivity contribution >= 4 is 35.0 Å². The summed E-state index contributed by atoms with van der Waals surface area (Å²) in [5, 5.41) is 0.525. The van der Waals surface area contributed by atoms with Crippen LogP contribution in [0.4, 0.5) is 5.69 Å². The van der Waals surface area contributed by atoms with E-state index >= 15 is 0 Å². The fourth-order valence-corrected chi connectivity index (χ4v) is 3.44. The van der Waals surface area contributed by atoms with E-state index in [0.29, 0.717) is 10.7 Å². The first-order valence-corrected chi connectivity index (χ1v) is 9.24. The summed E-state index contributed by atoms with van der Waals surface area (Å²) in [6, 6.07) is 9.39. The van der Waals surface area contributed by atoms with E-state index in [9.17, 15) is 14.4 Å². The zero-order chi connectivity index (χ0) is 19.0. The maximum atomic E-state index is 13.0. The Bertz CT molecular complexity index is 881. The minimum atomic E-state index is -0.790. The molecule has 138 valence electrons. The Morgan fingerprint density at radius 1 is 1.19 bits per heavy atom. The number of carbonyl (C=O) groups is 3. The molecule has 2 heterocycles. The van der Waals surface area contributed by atoms with E-state index in [2.05, 4.69) is 4.98 Å². The van der Waals surface area contributed by atoms with Gasteiger partial charge in [-0.2, -0.15) is 0 Å². The average molecular weight is 384 g/mol. The molecule has 0 bridgehead atoms. The molecule has 1 unspecified atom stereocenters. The van der Waals surface area contributed by atoms with Gasteiger partial charge in [0, 0.05) is 29.9 Å². The number of nitrogens with zero attached hydrogens (tertiary/aromatic N) is 3. The van der Waals surface area contributed by atoms with E-state index in [-0.39, 0.29) is 36.6 Å². The molecule has 1 saturated heterocycles.